The molecular formula is C21H24ClN5O. The third kappa shape index (κ3) is 4.24. The van der Waals surface area contributed by atoms with Crippen LogP contribution in [0.5, 0.6) is 0 Å². The van der Waals surface area contributed by atoms with Crippen molar-refractivity contribution in [2.45, 2.75) is 25.8 Å². The van der Waals surface area contributed by atoms with Gasteiger partial charge in [-0.15, -0.1) is 0 Å². The number of benzene rings is 2. The van der Waals surface area contributed by atoms with Crippen LogP contribution in [0.4, 0.5) is 5.82 Å². The van der Waals surface area contributed by atoms with Gasteiger partial charge in [0.2, 0.25) is 0 Å². The number of anilines is 1. The van der Waals surface area contributed by atoms with E-state index in [0.717, 1.165) is 10.9 Å². The summed E-state index contributed by atoms with van der Waals surface area (Å²) in [6.07, 6.45) is 0. The Morgan fingerprint density at radius 3 is 2.46 bits per heavy atom. The molecule has 0 saturated heterocycles. The van der Waals surface area contributed by atoms with E-state index in [2.05, 4.69) is 15.6 Å². The summed E-state index contributed by atoms with van der Waals surface area (Å²) >= 11 is 6.03. The molecule has 0 spiro atoms. The number of para-hydroxylation sites is 1. The second-order valence-corrected chi connectivity index (χ2v) is 7.39. The average molecular weight is 398 g/mol. The number of fused-ring (bicyclic) bond motifs is 1. The molecule has 2 aromatic carbocycles. The second kappa shape index (κ2) is 8.54. The number of nitrogens with two attached hydrogens (primary N) is 1. The Labute approximate surface area is 169 Å². The number of rotatable bonds is 7. The zero-order valence-corrected chi connectivity index (χ0v) is 16.9. The van der Waals surface area contributed by atoms with E-state index in [0.29, 0.717) is 34.3 Å². The minimum atomic E-state index is -0.505. The maximum atomic E-state index is 11.9. The minimum Gasteiger partial charge on any atom is -0.366 e. The zero-order chi connectivity index (χ0) is 20.3. The van der Waals surface area contributed by atoms with Crippen LogP contribution in [-0.2, 0) is 0 Å². The number of amides is 1. The smallest absolute Gasteiger partial charge is 0.250 e. The van der Waals surface area contributed by atoms with Crippen molar-refractivity contribution in [3.05, 3.63) is 64.4 Å². The molecule has 0 aliphatic carbocycles. The Morgan fingerprint density at radius 1 is 1.14 bits per heavy atom. The molecule has 1 heterocycles. The molecule has 0 saturated carbocycles. The maximum absolute atomic E-state index is 11.9. The zero-order valence-electron chi connectivity index (χ0n) is 16.2. The molecule has 28 heavy (non-hydrogen) atoms. The van der Waals surface area contributed by atoms with Gasteiger partial charge in [0, 0.05) is 22.9 Å². The van der Waals surface area contributed by atoms with Gasteiger partial charge < -0.3 is 16.4 Å². The SMILES string of the molecule is CNC[C@@H](Nc1nc(C(C)C)nc2c(C(N)=O)cccc12)c1ccc(Cl)cc1. The predicted octanol–water partition coefficient (Wildman–Crippen LogP) is 3.88. The molecule has 0 unspecified atom stereocenters. The van der Waals surface area contributed by atoms with Crippen molar-refractivity contribution in [2.24, 2.45) is 5.73 Å². The summed E-state index contributed by atoms with van der Waals surface area (Å²) in [6.45, 7) is 4.71. The van der Waals surface area contributed by atoms with Crippen molar-refractivity contribution in [2.75, 3.05) is 18.9 Å². The van der Waals surface area contributed by atoms with Gasteiger partial charge in [0.25, 0.3) is 5.91 Å². The lowest BCUT2D eigenvalue weighted by Gasteiger charge is -2.22. The van der Waals surface area contributed by atoms with Gasteiger partial charge in [-0.1, -0.05) is 43.6 Å². The fraction of sp³-hybridized carbons (Fsp3) is 0.286. The summed E-state index contributed by atoms with van der Waals surface area (Å²) in [7, 11) is 1.90. The number of hydrogen-bond donors (Lipinski definition) is 3. The molecule has 0 aliphatic rings. The maximum Gasteiger partial charge on any atom is 0.250 e. The number of nitrogens with one attached hydrogen (secondary N) is 2. The lowest BCUT2D eigenvalue weighted by molar-refractivity contribution is 0.100. The van der Waals surface area contributed by atoms with E-state index in [-0.39, 0.29) is 12.0 Å². The number of carbonyl (C=O) groups excluding carboxylic acids is 1. The Morgan fingerprint density at radius 2 is 1.86 bits per heavy atom. The summed E-state index contributed by atoms with van der Waals surface area (Å²) in [6, 6.07) is 13.0. The Balaban J connectivity index is 2.13. The van der Waals surface area contributed by atoms with Gasteiger partial charge in [0.15, 0.2) is 0 Å². The van der Waals surface area contributed by atoms with Crippen LogP contribution < -0.4 is 16.4 Å². The fourth-order valence-electron chi connectivity index (χ4n) is 3.05. The number of carbonyl (C=O) groups is 1. The average Bonchev–Trinajstić information content (AvgIpc) is 2.67. The first-order chi connectivity index (χ1) is 13.4. The number of nitrogens with zero attached hydrogens (tertiary/aromatic N) is 2. The predicted molar refractivity (Wildman–Crippen MR) is 114 cm³/mol. The van der Waals surface area contributed by atoms with Crippen molar-refractivity contribution in [3.8, 4) is 0 Å². The molecule has 3 rings (SSSR count). The van der Waals surface area contributed by atoms with Crippen LogP contribution in [0, 0.1) is 0 Å². The highest BCUT2D eigenvalue weighted by molar-refractivity contribution is 6.30. The summed E-state index contributed by atoms with van der Waals surface area (Å²) < 4.78 is 0. The summed E-state index contributed by atoms with van der Waals surface area (Å²) in [5.74, 6) is 0.925. The number of halogens is 1. The minimum absolute atomic E-state index is 0.0439. The molecule has 1 atom stereocenters. The van der Waals surface area contributed by atoms with E-state index in [9.17, 15) is 4.79 Å². The summed E-state index contributed by atoms with van der Waals surface area (Å²) in [5, 5.41) is 8.16. The number of hydrogen-bond acceptors (Lipinski definition) is 5. The Hall–Kier alpha value is -2.70. The second-order valence-electron chi connectivity index (χ2n) is 6.96. The van der Waals surface area contributed by atoms with E-state index in [1.807, 2.05) is 51.2 Å². The number of likely N-dealkylation sites (N-methyl/N-ethyl adjacent to an activating group) is 1. The lowest BCUT2D eigenvalue weighted by Crippen LogP contribution is -2.24. The monoisotopic (exact) mass is 397 g/mol. The van der Waals surface area contributed by atoms with Crippen LogP contribution in [0.1, 0.15) is 47.6 Å². The molecule has 6 nitrogen and oxygen atoms in total. The summed E-state index contributed by atoms with van der Waals surface area (Å²) in [4.78, 5) is 21.3. The standard InChI is InChI=1S/C21H24ClN5O/c1-12(2)20-26-18-15(19(23)28)5-4-6-16(18)21(27-20)25-17(11-24-3)13-7-9-14(22)10-8-13/h4-10,12,17,24H,11H2,1-3H3,(H2,23,28)(H,25,26,27)/t17-/m1/s1. The molecule has 4 N–H and O–H groups in total. The third-order valence-corrected chi connectivity index (χ3v) is 4.77. The van der Waals surface area contributed by atoms with Crippen molar-refractivity contribution >= 4 is 34.2 Å². The largest absolute Gasteiger partial charge is 0.366 e. The number of aromatic nitrogens is 2. The van der Waals surface area contributed by atoms with Gasteiger partial charge in [0.1, 0.15) is 11.6 Å². The normalized spacial score (nSPS) is 12.3. The molecule has 3 aromatic rings. The molecule has 1 amide bonds. The quantitative estimate of drug-likeness (QED) is 0.562. The van der Waals surface area contributed by atoms with Gasteiger partial charge >= 0.3 is 0 Å². The van der Waals surface area contributed by atoms with E-state index < -0.39 is 5.91 Å². The Kier molecular flexibility index (Phi) is 6.11. The van der Waals surface area contributed by atoms with E-state index in [1.54, 1.807) is 12.1 Å². The van der Waals surface area contributed by atoms with Crippen LogP contribution in [0.25, 0.3) is 10.9 Å². The molecule has 146 valence electrons. The van der Waals surface area contributed by atoms with Crippen LogP contribution in [0.3, 0.4) is 0 Å². The van der Waals surface area contributed by atoms with Crippen molar-refractivity contribution in [1.29, 1.82) is 0 Å². The van der Waals surface area contributed by atoms with E-state index >= 15 is 0 Å². The molecule has 0 radical (unpaired) electrons. The van der Waals surface area contributed by atoms with E-state index in [1.165, 1.54) is 0 Å². The van der Waals surface area contributed by atoms with Crippen molar-refractivity contribution < 1.29 is 4.79 Å². The van der Waals surface area contributed by atoms with Gasteiger partial charge in [-0.2, -0.15) is 0 Å². The molecule has 7 heteroatoms. The lowest BCUT2D eigenvalue weighted by atomic mass is 10.1. The first-order valence-corrected chi connectivity index (χ1v) is 9.55. The molecule has 0 bridgehead atoms. The van der Waals surface area contributed by atoms with Crippen LogP contribution in [0.15, 0.2) is 42.5 Å². The third-order valence-electron chi connectivity index (χ3n) is 4.52. The highest BCUT2D eigenvalue weighted by Crippen LogP contribution is 2.29. The van der Waals surface area contributed by atoms with Crippen molar-refractivity contribution in [3.63, 3.8) is 0 Å². The Bertz CT molecular complexity index is 988. The van der Waals surface area contributed by atoms with Crippen LogP contribution in [0.2, 0.25) is 5.02 Å². The fourth-order valence-corrected chi connectivity index (χ4v) is 3.18. The molecule has 0 fully saturated rings. The molecule has 0 aliphatic heterocycles. The van der Waals surface area contributed by atoms with Gasteiger partial charge in [-0.05, 0) is 36.9 Å². The molecular weight excluding hydrogens is 374 g/mol. The highest BCUT2D eigenvalue weighted by atomic mass is 35.5. The van der Waals surface area contributed by atoms with Gasteiger partial charge in [-0.25, -0.2) is 9.97 Å². The highest BCUT2D eigenvalue weighted by Gasteiger charge is 2.18. The van der Waals surface area contributed by atoms with E-state index in [4.69, 9.17) is 22.3 Å². The van der Waals surface area contributed by atoms with Gasteiger partial charge in [0.05, 0.1) is 17.1 Å². The topological polar surface area (TPSA) is 92.9 Å². The number of primary amides is 1. The summed E-state index contributed by atoms with van der Waals surface area (Å²) in [5.41, 5.74) is 7.60. The molecule has 1 aromatic heterocycles. The first kappa shape index (κ1) is 20.0. The van der Waals surface area contributed by atoms with Gasteiger partial charge in [-0.3, -0.25) is 4.79 Å². The van der Waals surface area contributed by atoms with Crippen LogP contribution >= 0.6 is 11.6 Å². The van der Waals surface area contributed by atoms with Crippen molar-refractivity contribution in [1.82, 2.24) is 15.3 Å². The van der Waals surface area contributed by atoms with Crippen LogP contribution in [-0.4, -0.2) is 29.5 Å². The first-order valence-electron chi connectivity index (χ1n) is 9.17.